The lowest BCUT2D eigenvalue weighted by atomic mass is 10.1. The maximum atomic E-state index is 12.2. The number of carboxylic acid groups (broad SMARTS) is 1. The molecule has 0 unspecified atom stereocenters. The fourth-order valence-corrected chi connectivity index (χ4v) is 3.95. The zero-order chi connectivity index (χ0) is 20.5. The van der Waals surface area contributed by atoms with E-state index in [0.717, 1.165) is 21.3 Å². The van der Waals surface area contributed by atoms with E-state index in [1.54, 1.807) is 40.5 Å². The molecular formula is C20H25N3O4S. The average molecular weight is 404 g/mol. The number of benzene rings is 1. The molecule has 1 fully saturated rings. The fraction of sp³-hybridized carbons (Fsp3) is 0.450. The highest BCUT2D eigenvalue weighted by Crippen LogP contribution is 2.33. The van der Waals surface area contributed by atoms with Crippen LogP contribution < -0.4 is 4.90 Å². The van der Waals surface area contributed by atoms with Crippen LogP contribution in [0.2, 0.25) is 0 Å². The molecule has 1 saturated heterocycles. The molecule has 2 heterocycles. The first-order chi connectivity index (χ1) is 13.1. The predicted molar refractivity (Wildman–Crippen MR) is 109 cm³/mol. The van der Waals surface area contributed by atoms with Crippen LogP contribution in [-0.2, 0) is 4.74 Å². The molecule has 7 nitrogen and oxygen atoms in total. The normalized spacial score (nSPS) is 14.9. The molecule has 1 N–H and O–H groups in total. The molecule has 0 atom stereocenters. The number of anilines is 1. The van der Waals surface area contributed by atoms with E-state index in [2.05, 4.69) is 4.90 Å². The number of rotatable bonds is 3. The Morgan fingerprint density at radius 1 is 1.11 bits per heavy atom. The van der Waals surface area contributed by atoms with E-state index in [-0.39, 0.29) is 11.7 Å². The van der Waals surface area contributed by atoms with Gasteiger partial charge in [0.05, 0.1) is 11.3 Å². The lowest BCUT2D eigenvalue weighted by molar-refractivity contribution is 0.0240. The quantitative estimate of drug-likeness (QED) is 0.838. The largest absolute Gasteiger partial charge is 0.478 e. The zero-order valence-electron chi connectivity index (χ0n) is 16.6. The number of hydrogen-bond donors (Lipinski definition) is 1. The van der Waals surface area contributed by atoms with Crippen molar-refractivity contribution in [3.8, 4) is 11.3 Å². The van der Waals surface area contributed by atoms with Gasteiger partial charge in [0.2, 0.25) is 0 Å². The zero-order valence-corrected chi connectivity index (χ0v) is 17.4. The summed E-state index contributed by atoms with van der Waals surface area (Å²) >= 11 is 1.61. The lowest BCUT2D eigenvalue weighted by Gasteiger charge is -2.35. The third-order valence-corrected chi connectivity index (χ3v) is 5.42. The van der Waals surface area contributed by atoms with E-state index in [4.69, 9.17) is 14.8 Å². The molecule has 1 amide bonds. The third-order valence-electron chi connectivity index (χ3n) is 4.39. The number of nitrogens with zero attached hydrogens (tertiary/aromatic N) is 3. The van der Waals surface area contributed by atoms with E-state index >= 15 is 0 Å². The summed E-state index contributed by atoms with van der Waals surface area (Å²) < 4.78 is 5.44. The van der Waals surface area contributed by atoms with Crippen molar-refractivity contribution < 1.29 is 19.4 Å². The Hall–Kier alpha value is -2.61. The summed E-state index contributed by atoms with van der Waals surface area (Å²) in [6.45, 7) is 10.2. The van der Waals surface area contributed by atoms with Crippen LogP contribution in [0.3, 0.4) is 0 Å². The van der Waals surface area contributed by atoms with Crippen LogP contribution >= 0.6 is 11.3 Å². The summed E-state index contributed by atoms with van der Waals surface area (Å²) in [5, 5.41) is 9.96. The number of piperazine rings is 1. The summed E-state index contributed by atoms with van der Waals surface area (Å²) in [6, 6.07) is 6.76. The minimum Gasteiger partial charge on any atom is -0.478 e. The molecule has 2 aromatic rings. The minimum absolute atomic E-state index is 0.259. The van der Waals surface area contributed by atoms with Gasteiger partial charge in [-0.05, 0) is 39.8 Å². The number of aromatic carboxylic acids is 1. The van der Waals surface area contributed by atoms with Gasteiger partial charge in [-0.1, -0.05) is 12.1 Å². The first-order valence-electron chi connectivity index (χ1n) is 9.18. The molecule has 150 valence electrons. The molecule has 1 aromatic heterocycles. The highest BCUT2D eigenvalue weighted by molar-refractivity contribution is 7.16. The SMILES string of the molecule is Cc1sc(N2CCN(C(=O)OC(C)(C)C)CC2)nc1-c1ccc(C(=O)O)cc1. The topological polar surface area (TPSA) is 83.0 Å². The monoisotopic (exact) mass is 403 g/mol. The van der Waals surface area contributed by atoms with Crippen molar-refractivity contribution >= 4 is 28.5 Å². The Bertz CT molecular complexity index is 863. The Morgan fingerprint density at radius 3 is 2.25 bits per heavy atom. The molecule has 1 aliphatic heterocycles. The van der Waals surface area contributed by atoms with Gasteiger partial charge in [-0.25, -0.2) is 14.6 Å². The number of aromatic nitrogens is 1. The Labute approximate surface area is 168 Å². The molecule has 1 aliphatic rings. The van der Waals surface area contributed by atoms with Crippen LogP contribution in [0.1, 0.15) is 36.0 Å². The van der Waals surface area contributed by atoms with Gasteiger partial charge in [-0.3, -0.25) is 0 Å². The van der Waals surface area contributed by atoms with Gasteiger partial charge in [0.15, 0.2) is 5.13 Å². The van der Waals surface area contributed by atoms with Crippen molar-refractivity contribution in [2.24, 2.45) is 0 Å². The number of thiazole rings is 1. The van der Waals surface area contributed by atoms with Gasteiger partial charge in [0.1, 0.15) is 5.60 Å². The van der Waals surface area contributed by atoms with Crippen molar-refractivity contribution in [2.45, 2.75) is 33.3 Å². The predicted octanol–water partition coefficient (Wildman–Crippen LogP) is 3.87. The molecular weight excluding hydrogens is 378 g/mol. The van der Waals surface area contributed by atoms with Crippen LogP contribution in [0.5, 0.6) is 0 Å². The summed E-state index contributed by atoms with van der Waals surface area (Å²) in [5.41, 5.74) is 1.53. The molecule has 28 heavy (non-hydrogen) atoms. The smallest absolute Gasteiger partial charge is 0.410 e. The number of carboxylic acids is 1. The number of ether oxygens (including phenoxy) is 1. The van der Waals surface area contributed by atoms with Crippen LogP contribution in [0, 0.1) is 6.92 Å². The number of amides is 1. The molecule has 0 spiro atoms. The number of hydrogen-bond acceptors (Lipinski definition) is 6. The second-order valence-electron chi connectivity index (χ2n) is 7.74. The summed E-state index contributed by atoms with van der Waals surface area (Å²) in [6.07, 6.45) is -0.276. The van der Waals surface area contributed by atoms with Gasteiger partial charge >= 0.3 is 12.1 Å². The molecule has 0 radical (unpaired) electrons. The van der Waals surface area contributed by atoms with Gasteiger partial charge < -0.3 is 19.6 Å². The molecule has 3 rings (SSSR count). The number of carbonyl (C=O) groups excluding carboxylic acids is 1. The van der Waals surface area contributed by atoms with Gasteiger partial charge in [0.25, 0.3) is 0 Å². The molecule has 0 bridgehead atoms. The van der Waals surface area contributed by atoms with E-state index < -0.39 is 11.6 Å². The highest BCUT2D eigenvalue weighted by Gasteiger charge is 2.27. The third kappa shape index (κ3) is 4.62. The lowest BCUT2D eigenvalue weighted by Crippen LogP contribution is -2.50. The van der Waals surface area contributed by atoms with Gasteiger partial charge in [0, 0.05) is 36.6 Å². The minimum atomic E-state index is -0.940. The van der Waals surface area contributed by atoms with Crippen molar-refractivity contribution in [3.05, 3.63) is 34.7 Å². The van der Waals surface area contributed by atoms with E-state index in [0.29, 0.717) is 26.2 Å². The molecule has 0 aliphatic carbocycles. The summed E-state index contributed by atoms with van der Waals surface area (Å²) in [4.78, 5) is 33.0. The Kier molecular flexibility index (Phi) is 5.60. The maximum Gasteiger partial charge on any atom is 0.410 e. The molecule has 8 heteroatoms. The first-order valence-corrected chi connectivity index (χ1v) is 10.00. The Morgan fingerprint density at radius 2 is 1.71 bits per heavy atom. The maximum absolute atomic E-state index is 12.2. The second kappa shape index (κ2) is 7.79. The second-order valence-corrected chi connectivity index (χ2v) is 8.92. The average Bonchev–Trinajstić information content (AvgIpc) is 3.02. The van der Waals surface area contributed by atoms with Crippen LogP contribution in [-0.4, -0.2) is 58.8 Å². The fourth-order valence-electron chi connectivity index (χ4n) is 2.96. The first kappa shape index (κ1) is 20.1. The number of carbonyl (C=O) groups is 2. The Balaban J connectivity index is 1.67. The molecule has 0 saturated carbocycles. The van der Waals surface area contributed by atoms with E-state index in [9.17, 15) is 9.59 Å². The molecule has 1 aromatic carbocycles. The van der Waals surface area contributed by atoms with E-state index in [1.807, 2.05) is 27.7 Å². The van der Waals surface area contributed by atoms with Crippen molar-refractivity contribution in [1.29, 1.82) is 0 Å². The summed E-state index contributed by atoms with van der Waals surface area (Å²) in [7, 11) is 0. The number of aryl methyl sites for hydroxylation is 1. The van der Waals surface area contributed by atoms with Crippen molar-refractivity contribution in [2.75, 3.05) is 31.1 Å². The van der Waals surface area contributed by atoms with E-state index in [1.165, 1.54) is 0 Å². The highest BCUT2D eigenvalue weighted by atomic mass is 32.1. The van der Waals surface area contributed by atoms with Gasteiger partial charge in [-0.15, -0.1) is 11.3 Å². The van der Waals surface area contributed by atoms with Crippen molar-refractivity contribution in [1.82, 2.24) is 9.88 Å². The van der Waals surface area contributed by atoms with Crippen LogP contribution in [0.25, 0.3) is 11.3 Å². The van der Waals surface area contributed by atoms with Crippen LogP contribution in [0.4, 0.5) is 9.93 Å². The summed E-state index contributed by atoms with van der Waals surface area (Å²) in [5.74, 6) is -0.940. The van der Waals surface area contributed by atoms with Crippen molar-refractivity contribution in [3.63, 3.8) is 0 Å². The van der Waals surface area contributed by atoms with Gasteiger partial charge in [-0.2, -0.15) is 0 Å². The standard InChI is InChI=1S/C20H25N3O4S/c1-13-16(14-5-7-15(8-6-14)17(24)25)21-18(28-13)22-9-11-23(12-10-22)19(26)27-20(2,3)4/h5-8H,9-12H2,1-4H3,(H,24,25). The van der Waals surface area contributed by atoms with Crippen LogP contribution in [0.15, 0.2) is 24.3 Å².